The standard InChI is InChI=1S/C13H9F3O/c14-10-6-7-11(13(16)12(10)15)17-8-9-4-2-1-3-5-9/h1-7H,8H2. The van der Waals surface area contributed by atoms with Crippen LogP contribution in [0.25, 0.3) is 0 Å². The maximum absolute atomic E-state index is 13.2. The summed E-state index contributed by atoms with van der Waals surface area (Å²) in [7, 11) is 0. The van der Waals surface area contributed by atoms with Gasteiger partial charge in [0.2, 0.25) is 5.82 Å². The Morgan fingerprint density at radius 2 is 1.53 bits per heavy atom. The Bertz CT molecular complexity index is 512. The Balaban J connectivity index is 2.13. The number of rotatable bonds is 3. The summed E-state index contributed by atoms with van der Waals surface area (Å²) in [6, 6.07) is 10.9. The molecule has 0 heterocycles. The van der Waals surface area contributed by atoms with E-state index in [1.165, 1.54) is 0 Å². The van der Waals surface area contributed by atoms with E-state index in [0.29, 0.717) is 0 Å². The van der Waals surface area contributed by atoms with Gasteiger partial charge in [-0.25, -0.2) is 8.78 Å². The molecule has 0 atom stereocenters. The van der Waals surface area contributed by atoms with Crippen molar-refractivity contribution in [2.24, 2.45) is 0 Å². The normalized spacial score (nSPS) is 10.3. The van der Waals surface area contributed by atoms with Crippen molar-refractivity contribution in [2.45, 2.75) is 6.61 Å². The van der Waals surface area contributed by atoms with E-state index in [4.69, 9.17) is 4.74 Å². The van der Waals surface area contributed by atoms with Gasteiger partial charge in [0, 0.05) is 0 Å². The molecular weight excluding hydrogens is 229 g/mol. The highest BCUT2D eigenvalue weighted by Crippen LogP contribution is 2.22. The van der Waals surface area contributed by atoms with Crippen LogP contribution in [0.1, 0.15) is 5.56 Å². The average molecular weight is 238 g/mol. The van der Waals surface area contributed by atoms with Crippen LogP contribution in [0, 0.1) is 17.5 Å². The van der Waals surface area contributed by atoms with Gasteiger partial charge >= 0.3 is 0 Å². The lowest BCUT2D eigenvalue weighted by Crippen LogP contribution is -2.00. The number of halogens is 3. The third kappa shape index (κ3) is 2.58. The Hall–Kier alpha value is -1.97. The number of hydrogen-bond acceptors (Lipinski definition) is 1. The molecule has 4 heteroatoms. The molecule has 0 spiro atoms. The predicted molar refractivity (Wildman–Crippen MR) is 57.1 cm³/mol. The molecule has 0 unspecified atom stereocenters. The zero-order chi connectivity index (χ0) is 12.3. The van der Waals surface area contributed by atoms with E-state index in [-0.39, 0.29) is 12.4 Å². The first-order chi connectivity index (χ1) is 8.18. The molecule has 0 bridgehead atoms. The van der Waals surface area contributed by atoms with E-state index in [1.54, 1.807) is 24.3 Å². The van der Waals surface area contributed by atoms with Gasteiger partial charge < -0.3 is 4.74 Å². The van der Waals surface area contributed by atoms with Crippen LogP contribution >= 0.6 is 0 Å². The van der Waals surface area contributed by atoms with E-state index >= 15 is 0 Å². The summed E-state index contributed by atoms with van der Waals surface area (Å²) < 4.78 is 43.8. The van der Waals surface area contributed by atoms with Crippen molar-refractivity contribution in [1.29, 1.82) is 0 Å². The molecule has 1 nitrogen and oxygen atoms in total. The van der Waals surface area contributed by atoms with Gasteiger partial charge in [0.25, 0.3) is 0 Å². The van der Waals surface area contributed by atoms with Crippen molar-refractivity contribution >= 4 is 0 Å². The van der Waals surface area contributed by atoms with Crippen LogP contribution in [-0.4, -0.2) is 0 Å². The second-order valence-electron chi connectivity index (χ2n) is 3.45. The Morgan fingerprint density at radius 3 is 2.24 bits per heavy atom. The molecule has 0 amide bonds. The maximum atomic E-state index is 13.2. The van der Waals surface area contributed by atoms with Gasteiger partial charge in [0.1, 0.15) is 6.61 Å². The molecule has 2 aromatic carbocycles. The minimum atomic E-state index is -1.52. The highest BCUT2D eigenvalue weighted by atomic mass is 19.2. The van der Waals surface area contributed by atoms with E-state index < -0.39 is 17.5 Å². The molecule has 0 fully saturated rings. The first-order valence-corrected chi connectivity index (χ1v) is 4.98. The van der Waals surface area contributed by atoms with E-state index in [1.807, 2.05) is 6.07 Å². The molecule has 0 radical (unpaired) electrons. The Labute approximate surface area is 96.5 Å². The lowest BCUT2D eigenvalue weighted by Gasteiger charge is -2.07. The van der Waals surface area contributed by atoms with Gasteiger partial charge in [-0.2, -0.15) is 4.39 Å². The molecule has 0 N–H and O–H groups in total. The van der Waals surface area contributed by atoms with E-state index in [2.05, 4.69) is 0 Å². The molecule has 2 rings (SSSR count). The minimum Gasteiger partial charge on any atom is -0.486 e. The monoisotopic (exact) mass is 238 g/mol. The van der Waals surface area contributed by atoms with Crippen molar-refractivity contribution < 1.29 is 17.9 Å². The summed E-state index contributed by atoms with van der Waals surface area (Å²) in [6.45, 7) is 0.100. The second-order valence-corrected chi connectivity index (χ2v) is 3.45. The van der Waals surface area contributed by atoms with Gasteiger partial charge in [-0.3, -0.25) is 0 Å². The molecule has 0 aliphatic carbocycles. The van der Waals surface area contributed by atoms with E-state index in [9.17, 15) is 13.2 Å². The molecule has 2 aromatic rings. The fraction of sp³-hybridized carbons (Fsp3) is 0.0769. The average Bonchev–Trinajstić information content (AvgIpc) is 2.36. The largest absolute Gasteiger partial charge is 0.486 e. The summed E-state index contributed by atoms with van der Waals surface area (Å²) in [5, 5.41) is 0. The molecule has 17 heavy (non-hydrogen) atoms. The Morgan fingerprint density at radius 1 is 0.824 bits per heavy atom. The fourth-order valence-corrected chi connectivity index (χ4v) is 1.35. The second kappa shape index (κ2) is 4.91. The first kappa shape index (κ1) is 11.5. The van der Waals surface area contributed by atoms with Crippen molar-refractivity contribution in [3.05, 3.63) is 65.5 Å². The molecule has 0 saturated carbocycles. The molecule has 0 aromatic heterocycles. The summed E-state index contributed by atoms with van der Waals surface area (Å²) >= 11 is 0. The highest BCUT2D eigenvalue weighted by molar-refractivity contribution is 5.26. The van der Waals surface area contributed by atoms with Crippen LogP contribution in [0.2, 0.25) is 0 Å². The Kier molecular flexibility index (Phi) is 3.32. The van der Waals surface area contributed by atoms with Crippen LogP contribution in [0.15, 0.2) is 42.5 Å². The van der Waals surface area contributed by atoms with E-state index in [0.717, 1.165) is 17.7 Å². The van der Waals surface area contributed by atoms with Crippen molar-refractivity contribution in [2.75, 3.05) is 0 Å². The van der Waals surface area contributed by atoms with Gasteiger partial charge in [-0.15, -0.1) is 0 Å². The minimum absolute atomic E-state index is 0.100. The van der Waals surface area contributed by atoms with Crippen LogP contribution in [0.4, 0.5) is 13.2 Å². The van der Waals surface area contributed by atoms with Crippen molar-refractivity contribution in [3.63, 3.8) is 0 Å². The van der Waals surface area contributed by atoms with Crippen molar-refractivity contribution in [3.8, 4) is 5.75 Å². The van der Waals surface area contributed by atoms with Crippen LogP contribution in [0.3, 0.4) is 0 Å². The number of benzene rings is 2. The van der Waals surface area contributed by atoms with Gasteiger partial charge in [-0.1, -0.05) is 30.3 Å². The van der Waals surface area contributed by atoms with Gasteiger partial charge in [0.15, 0.2) is 17.4 Å². The lowest BCUT2D eigenvalue weighted by atomic mass is 10.2. The van der Waals surface area contributed by atoms with Gasteiger partial charge in [0.05, 0.1) is 0 Å². The zero-order valence-electron chi connectivity index (χ0n) is 8.79. The summed E-state index contributed by atoms with van der Waals surface area (Å²) in [5.74, 6) is -4.35. The predicted octanol–water partition coefficient (Wildman–Crippen LogP) is 3.68. The molecule has 88 valence electrons. The lowest BCUT2D eigenvalue weighted by molar-refractivity contribution is 0.281. The summed E-state index contributed by atoms with van der Waals surface area (Å²) in [5.41, 5.74) is 0.816. The summed E-state index contributed by atoms with van der Waals surface area (Å²) in [4.78, 5) is 0. The molecule has 0 saturated heterocycles. The topological polar surface area (TPSA) is 9.23 Å². The quantitative estimate of drug-likeness (QED) is 0.741. The molecule has 0 aliphatic heterocycles. The molecular formula is C13H9F3O. The fourth-order valence-electron chi connectivity index (χ4n) is 1.35. The number of hydrogen-bond donors (Lipinski definition) is 0. The van der Waals surface area contributed by atoms with Crippen LogP contribution in [-0.2, 0) is 6.61 Å². The number of ether oxygens (including phenoxy) is 1. The maximum Gasteiger partial charge on any atom is 0.203 e. The molecule has 0 aliphatic rings. The highest BCUT2D eigenvalue weighted by Gasteiger charge is 2.14. The first-order valence-electron chi connectivity index (χ1n) is 4.98. The SMILES string of the molecule is Fc1ccc(OCc2ccccc2)c(F)c1F. The van der Waals surface area contributed by atoms with Crippen LogP contribution in [0.5, 0.6) is 5.75 Å². The smallest absolute Gasteiger partial charge is 0.203 e. The van der Waals surface area contributed by atoms with Crippen molar-refractivity contribution in [1.82, 2.24) is 0 Å². The van der Waals surface area contributed by atoms with Crippen LogP contribution < -0.4 is 4.74 Å². The third-order valence-corrected chi connectivity index (χ3v) is 2.24. The zero-order valence-corrected chi connectivity index (χ0v) is 8.79. The summed E-state index contributed by atoms with van der Waals surface area (Å²) in [6.07, 6.45) is 0. The van der Waals surface area contributed by atoms with Gasteiger partial charge in [-0.05, 0) is 17.7 Å². The third-order valence-electron chi connectivity index (χ3n) is 2.24.